The molecule has 1 aromatic rings. The van der Waals surface area contributed by atoms with E-state index in [1.807, 2.05) is 32.9 Å². The lowest BCUT2D eigenvalue weighted by molar-refractivity contribution is 0.472. The van der Waals surface area contributed by atoms with Gasteiger partial charge < -0.3 is 0 Å². The van der Waals surface area contributed by atoms with E-state index in [1.54, 1.807) is 16.4 Å². The summed E-state index contributed by atoms with van der Waals surface area (Å²) in [6.45, 7) is 6.72. The van der Waals surface area contributed by atoms with Gasteiger partial charge in [-0.2, -0.15) is 4.31 Å². The first-order valence-corrected chi connectivity index (χ1v) is 7.50. The van der Waals surface area contributed by atoms with E-state index in [0.717, 1.165) is 18.4 Å². The van der Waals surface area contributed by atoms with Crippen molar-refractivity contribution < 1.29 is 8.42 Å². The SMILES string of the molecule is CCC1(CC)CN1S(=O)(=O)c1ccc(C)cc1. The highest BCUT2D eigenvalue weighted by Crippen LogP contribution is 2.43. The van der Waals surface area contributed by atoms with Gasteiger partial charge in [0.25, 0.3) is 0 Å². The average molecular weight is 253 g/mol. The fraction of sp³-hybridized carbons (Fsp3) is 0.538. The minimum absolute atomic E-state index is 0.121. The summed E-state index contributed by atoms with van der Waals surface area (Å²) in [5.41, 5.74) is 0.955. The summed E-state index contributed by atoms with van der Waals surface area (Å²) in [4.78, 5) is 0.409. The van der Waals surface area contributed by atoms with Gasteiger partial charge in [0.05, 0.1) is 4.90 Å². The standard InChI is InChI=1S/C13H19NO2S/c1-4-13(5-2)10-14(13)17(15,16)12-8-6-11(3)7-9-12/h6-9H,4-5,10H2,1-3H3. The van der Waals surface area contributed by atoms with Crippen LogP contribution in [-0.4, -0.2) is 24.8 Å². The largest absolute Gasteiger partial charge is 0.243 e. The molecule has 0 bridgehead atoms. The second-order valence-corrected chi connectivity index (χ2v) is 6.62. The van der Waals surface area contributed by atoms with E-state index in [4.69, 9.17) is 0 Å². The van der Waals surface area contributed by atoms with Crippen LogP contribution in [0.25, 0.3) is 0 Å². The normalized spacial score (nSPS) is 22.4. The Hall–Kier alpha value is -0.870. The maximum absolute atomic E-state index is 12.4. The van der Waals surface area contributed by atoms with E-state index in [0.29, 0.717) is 11.4 Å². The van der Waals surface area contributed by atoms with E-state index in [-0.39, 0.29) is 5.54 Å². The molecule has 3 nitrogen and oxygen atoms in total. The molecule has 1 unspecified atom stereocenters. The van der Waals surface area contributed by atoms with Crippen LogP contribution in [0.15, 0.2) is 29.2 Å². The lowest BCUT2D eigenvalue weighted by Crippen LogP contribution is -2.22. The van der Waals surface area contributed by atoms with Gasteiger partial charge in [-0.25, -0.2) is 8.42 Å². The van der Waals surface area contributed by atoms with Gasteiger partial charge in [-0.15, -0.1) is 0 Å². The van der Waals surface area contributed by atoms with Gasteiger partial charge >= 0.3 is 0 Å². The summed E-state index contributed by atoms with van der Waals surface area (Å²) in [6.07, 6.45) is 1.77. The molecule has 0 saturated carbocycles. The van der Waals surface area contributed by atoms with Crippen molar-refractivity contribution in [1.82, 2.24) is 4.31 Å². The molecule has 0 amide bonds. The smallest absolute Gasteiger partial charge is 0.207 e. The molecule has 0 aliphatic carbocycles. The third-order valence-electron chi connectivity index (χ3n) is 3.79. The van der Waals surface area contributed by atoms with Gasteiger partial charge in [0.2, 0.25) is 10.0 Å². The van der Waals surface area contributed by atoms with Crippen molar-refractivity contribution in [2.75, 3.05) is 6.54 Å². The molecule has 94 valence electrons. The van der Waals surface area contributed by atoms with Crippen molar-refractivity contribution in [3.63, 3.8) is 0 Å². The zero-order valence-corrected chi connectivity index (χ0v) is 11.4. The first-order valence-electron chi connectivity index (χ1n) is 6.06. The number of hydrogen-bond donors (Lipinski definition) is 0. The lowest BCUT2D eigenvalue weighted by Gasteiger charge is -2.13. The van der Waals surface area contributed by atoms with Crippen molar-refractivity contribution in [3.05, 3.63) is 29.8 Å². The Balaban J connectivity index is 2.30. The molecule has 2 rings (SSSR count). The molecule has 17 heavy (non-hydrogen) atoms. The van der Waals surface area contributed by atoms with E-state index >= 15 is 0 Å². The first kappa shape index (κ1) is 12.6. The van der Waals surface area contributed by atoms with Crippen molar-refractivity contribution in [2.45, 2.75) is 44.0 Å². The van der Waals surface area contributed by atoms with Crippen molar-refractivity contribution in [1.29, 1.82) is 0 Å². The highest BCUT2D eigenvalue weighted by Gasteiger charge is 2.56. The third-order valence-corrected chi connectivity index (χ3v) is 5.75. The van der Waals surface area contributed by atoms with Gasteiger partial charge in [0.1, 0.15) is 0 Å². The quantitative estimate of drug-likeness (QED) is 0.773. The summed E-state index contributed by atoms with van der Waals surface area (Å²) in [6, 6.07) is 7.07. The summed E-state index contributed by atoms with van der Waals surface area (Å²) in [5.74, 6) is 0. The Morgan fingerprint density at radius 3 is 2.12 bits per heavy atom. The zero-order chi connectivity index (χ0) is 12.7. The van der Waals surface area contributed by atoms with Crippen molar-refractivity contribution in [2.24, 2.45) is 0 Å². The third kappa shape index (κ3) is 2.00. The van der Waals surface area contributed by atoms with E-state index < -0.39 is 10.0 Å². The topological polar surface area (TPSA) is 37.1 Å². The Morgan fingerprint density at radius 2 is 1.71 bits per heavy atom. The Labute approximate surface area is 104 Å². The van der Waals surface area contributed by atoms with Gasteiger partial charge in [0.15, 0.2) is 0 Å². The minimum atomic E-state index is -3.28. The maximum atomic E-state index is 12.4. The summed E-state index contributed by atoms with van der Waals surface area (Å²) >= 11 is 0. The molecule has 1 fully saturated rings. The predicted octanol–water partition coefficient (Wildman–Crippen LogP) is 2.56. The van der Waals surface area contributed by atoms with Crippen LogP contribution in [0, 0.1) is 6.92 Å². The molecule has 1 aliphatic heterocycles. The Kier molecular flexibility index (Phi) is 3.04. The molecular weight excluding hydrogens is 234 g/mol. The average Bonchev–Trinajstić information content (AvgIpc) is 3.06. The molecule has 1 aliphatic rings. The summed E-state index contributed by atoms with van der Waals surface area (Å²) < 4.78 is 26.4. The number of nitrogens with zero attached hydrogens (tertiary/aromatic N) is 1. The Morgan fingerprint density at radius 1 is 1.18 bits per heavy atom. The van der Waals surface area contributed by atoms with Gasteiger partial charge in [-0.05, 0) is 31.9 Å². The fourth-order valence-electron chi connectivity index (χ4n) is 2.24. The molecule has 4 heteroatoms. The second kappa shape index (κ2) is 4.10. The molecule has 0 N–H and O–H groups in total. The molecular formula is C13H19NO2S. The van der Waals surface area contributed by atoms with Crippen molar-refractivity contribution >= 4 is 10.0 Å². The lowest BCUT2D eigenvalue weighted by atomic mass is 10.1. The minimum Gasteiger partial charge on any atom is -0.207 e. The van der Waals surface area contributed by atoms with Crippen LogP contribution >= 0.6 is 0 Å². The van der Waals surface area contributed by atoms with Gasteiger partial charge in [-0.3, -0.25) is 0 Å². The number of aryl methyl sites for hydroxylation is 1. The molecule has 0 aromatic heterocycles. The van der Waals surface area contributed by atoms with E-state index in [2.05, 4.69) is 0 Å². The highest BCUT2D eigenvalue weighted by molar-refractivity contribution is 7.89. The van der Waals surface area contributed by atoms with Gasteiger partial charge in [-0.1, -0.05) is 31.5 Å². The summed E-state index contributed by atoms with van der Waals surface area (Å²) in [7, 11) is -3.28. The number of hydrogen-bond acceptors (Lipinski definition) is 2. The van der Waals surface area contributed by atoms with Crippen molar-refractivity contribution in [3.8, 4) is 0 Å². The van der Waals surface area contributed by atoms with Crippen LogP contribution in [0.1, 0.15) is 32.3 Å². The van der Waals surface area contributed by atoms with Crippen LogP contribution in [-0.2, 0) is 10.0 Å². The molecule has 1 aromatic carbocycles. The second-order valence-electron chi connectivity index (χ2n) is 4.76. The molecule has 1 heterocycles. The monoisotopic (exact) mass is 253 g/mol. The van der Waals surface area contributed by atoms with Gasteiger partial charge in [0, 0.05) is 12.1 Å². The number of sulfonamides is 1. The molecule has 1 saturated heterocycles. The van der Waals surface area contributed by atoms with Crippen LogP contribution in [0.3, 0.4) is 0 Å². The number of benzene rings is 1. The maximum Gasteiger partial charge on any atom is 0.243 e. The first-order chi connectivity index (χ1) is 7.96. The molecule has 1 atom stereocenters. The molecule has 0 radical (unpaired) electrons. The molecule has 0 spiro atoms. The predicted molar refractivity (Wildman–Crippen MR) is 68.4 cm³/mol. The van der Waals surface area contributed by atoms with Crippen LogP contribution in [0.5, 0.6) is 0 Å². The van der Waals surface area contributed by atoms with Crippen LogP contribution in [0.2, 0.25) is 0 Å². The number of rotatable bonds is 4. The zero-order valence-electron chi connectivity index (χ0n) is 10.6. The van der Waals surface area contributed by atoms with E-state index in [1.165, 1.54) is 0 Å². The van der Waals surface area contributed by atoms with Crippen LogP contribution in [0.4, 0.5) is 0 Å². The fourth-order valence-corrected chi connectivity index (χ4v) is 4.15. The summed E-state index contributed by atoms with van der Waals surface area (Å²) in [5, 5.41) is 0. The van der Waals surface area contributed by atoms with Crippen LogP contribution < -0.4 is 0 Å². The highest BCUT2D eigenvalue weighted by atomic mass is 32.2. The van der Waals surface area contributed by atoms with E-state index in [9.17, 15) is 8.42 Å². The Bertz CT molecular complexity index is 501.